The highest BCUT2D eigenvalue weighted by Crippen LogP contribution is 2.31. The normalized spacial score (nSPS) is 12.0. The van der Waals surface area contributed by atoms with E-state index in [0.717, 1.165) is 10.0 Å². The third kappa shape index (κ3) is 3.95. The van der Waals surface area contributed by atoms with Crippen molar-refractivity contribution < 1.29 is 9.53 Å². The molecule has 21 heavy (non-hydrogen) atoms. The van der Waals surface area contributed by atoms with Gasteiger partial charge in [0, 0.05) is 5.69 Å². The quantitative estimate of drug-likeness (QED) is 0.670. The highest BCUT2D eigenvalue weighted by atomic mass is 32.2. The van der Waals surface area contributed by atoms with Crippen LogP contribution in [0.1, 0.15) is 18.1 Å². The molecule has 1 aromatic heterocycles. The van der Waals surface area contributed by atoms with E-state index in [2.05, 4.69) is 35.4 Å². The lowest BCUT2D eigenvalue weighted by Gasteiger charge is -2.08. The molecule has 0 fully saturated rings. The predicted molar refractivity (Wildman–Crippen MR) is 86.4 cm³/mol. The molecule has 1 atom stereocenters. The number of anilines is 2. The maximum absolute atomic E-state index is 11.4. The van der Waals surface area contributed by atoms with Crippen LogP contribution in [-0.4, -0.2) is 28.5 Å². The zero-order chi connectivity index (χ0) is 15.4. The van der Waals surface area contributed by atoms with E-state index in [1.807, 2.05) is 12.1 Å². The Morgan fingerprint density at radius 3 is 2.86 bits per heavy atom. The Hall–Kier alpha value is -1.60. The van der Waals surface area contributed by atoms with Crippen LogP contribution < -0.4 is 5.32 Å². The SMILES string of the molecule is COC(=O)[C@@H](C)Sc1nnc(Nc2cccc(C)c2C)s1. The number of aryl methyl sites for hydroxylation is 1. The van der Waals surface area contributed by atoms with E-state index in [-0.39, 0.29) is 11.2 Å². The summed E-state index contributed by atoms with van der Waals surface area (Å²) in [4.78, 5) is 11.4. The smallest absolute Gasteiger partial charge is 0.318 e. The summed E-state index contributed by atoms with van der Waals surface area (Å²) < 4.78 is 5.43. The number of esters is 1. The van der Waals surface area contributed by atoms with Crippen molar-refractivity contribution in [3.05, 3.63) is 29.3 Å². The molecule has 5 nitrogen and oxygen atoms in total. The summed E-state index contributed by atoms with van der Waals surface area (Å²) in [7, 11) is 1.38. The minimum absolute atomic E-state index is 0.265. The topological polar surface area (TPSA) is 64.1 Å². The molecule has 0 amide bonds. The Balaban J connectivity index is 2.06. The molecule has 112 valence electrons. The summed E-state index contributed by atoms with van der Waals surface area (Å²) in [6.07, 6.45) is 0. The maximum atomic E-state index is 11.4. The van der Waals surface area contributed by atoms with Gasteiger partial charge in [0.1, 0.15) is 5.25 Å². The Morgan fingerprint density at radius 2 is 2.14 bits per heavy atom. The van der Waals surface area contributed by atoms with Gasteiger partial charge in [0.2, 0.25) is 5.13 Å². The molecule has 0 radical (unpaired) electrons. The van der Waals surface area contributed by atoms with Crippen molar-refractivity contribution in [3.63, 3.8) is 0 Å². The van der Waals surface area contributed by atoms with Gasteiger partial charge in [0.15, 0.2) is 4.34 Å². The molecular weight excluding hydrogens is 306 g/mol. The summed E-state index contributed by atoms with van der Waals surface area (Å²) in [6, 6.07) is 6.08. The Morgan fingerprint density at radius 1 is 1.38 bits per heavy atom. The second-order valence-corrected chi connectivity index (χ2v) is 7.09. The average molecular weight is 323 g/mol. The van der Waals surface area contributed by atoms with Crippen molar-refractivity contribution in [2.45, 2.75) is 30.4 Å². The molecule has 1 aromatic carbocycles. The molecule has 0 saturated carbocycles. The lowest BCUT2D eigenvalue weighted by atomic mass is 10.1. The first-order chi connectivity index (χ1) is 10.0. The summed E-state index contributed by atoms with van der Waals surface area (Å²) in [5.74, 6) is -0.265. The van der Waals surface area contributed by atoms with Crippen LogP contribution in [-0.2, 0) is 9.53 Å². The first-order valence-corrected chi connectivity index (χ1v) is 8.12. The fourth-order valence-electron chi connectivity index (χ4n) is 1.67. The molecule has 7 heteroatoms. The number of aromatic nitrogens is 2. The highest BCUT2D eigenvalue weighted by molar-refractivity contribution is 8.02. The van der Waals surface area contributed by atoms with Crippen molar-refractivity contribution >= 4 is 39.9 Å². The third-order valence-corrected chi connectivity index (χ3v) is 5.06. The van der Waals surface area contributed by atoms with Crippen molar-refractivity contribution in [2.75, 3.05) is 12.4 Å². The van der Waals surface area contributed by atoms with Crippen molar-refractivity contribution in [3.8, 4) is 0 Å². The Labute approximate surface area is 132 Å². The van der Waals surface area contributed by atoms with Crippen LogP contribution in [0.25, 0.3) is 0 Å². The molecule has 2 aromatic rings. The molecule has 0 bridgehead atoms. The van der Waals surface area contributed by atoms with Gasteiger partial charge in [-0.2, -0.15) is 0 Å². The Bertz CT molecular complexity index is 643. The second-order valence-electron chi connectivity index (χ2n) is 4.53. The fourth-order valence-corrected chi connectivity index (χ4v) is 3.61. The number of thioether (sulfide) groups is 1. The number of benzene rings is 1. The summed E-state index contributed by atoms with van der Waals surface area (Å²) in [6.45, 7) is 5.92. The molecule has 0 aliphatic carbocycles. The molecule has 2 rings (SSSR count). The zero-order valence-corrected chi connectivity index (χ0v) is 14.0. The van der Waals surface area contributed by atoms with E-state index in [9.17, 15) is 4.79 Å². The van der Waals surface area contributed by atoms with Crippen LogP contribution in [0.15, 0.2) is 22.5 Å². The van der Waals surface area contributed by atoms with E-state index in [4.69, 9.17) is 4.74 Å². The van der Waals surface area contributed by atoms with Gasteiger partial charge in [-0.05, 0) is 38.0 Å². The third-order valence-electron chi connectivity index (χ3n) is 3.06. The summed E-state index contributed by atoms with van der Waals surface area (Å²) >= 11 is 2.77. The molecule has 0 aliphatic rings. The van der Waals surface area contributed by atoms with Crippen molar-refractivity contribution in [1.82, 2.24) is 10.2 Å². The minimum atomic E-state index is -0.295. The van der Waals surface area contributed by atoms with Gasteiger partial charge in [-0.15, -0.1) is 10.2 Å². The first-order valence-electron chi connectivity index (χ1n) is 6.42. The van der Waals surface area contributed by atoms with Crippen LogP contribution in [0, 0.1) is 13.8 Å². The number of hydrogen-bond acceptors (Lipinski definition) is 7. The van der Waals surface area contributed by atoms with Crippen molar-refractivity contribution in [1.29, 1.82) is 0 Å². The van der Waals surface area contributed by atoms with Gasteiger partial charge in [-0.3, -0.25) is 4.79 Å². The standard InChI is InChI=1S/C14H17N3O2S2/c1-8-6-5-7-11(9(8)2)15-13-16-17-14(21-13)20-10(3)12(18)19-4/h5-7,10H,1-4H3,(H,15,16)/t10-/m1/s1. The van der Waals surface area contributed by atoms with E-state index in [1.165, 1.54) is 41.3 Å². The fraction of sp³-hybridized carbons (Fsp3) is 0.357. The molecular formula is C14H17N3O2S2. The van der Waals surface area contributed by atoms with Crippen LogP contribution in [0.2, 0.25) is 0 Å². The van der Waals surface area contributed by atoms with Gasteiger partial charge < -0.3 is 10.1 Å². The average Bonchev–Trinajstić information content (AvgIpc) is 2.90. The number of carbonyl (C=O) groups excluding carboxylic acids is 1. The summed E-state index contributed by atoms with van der Waals surface area (Å²) in [5, 5.41) is 11.9. The van der Waals surface area contributed by atoms with Crippen LogP contribution >= 0.6 is 23.1 Å². The minimum Gasteiger partial charge on any atom is -0.468 e. The predicted octanol–water partition coefficient (Wildman–Crippen LogP) is 3.55. The number of hydrogen-bond donors (Lipinski definition) is 1. The molecule has 0 saturated heterocycles. The highest BCUT2D eigenvalue weighted by Gasteiger charge is 2.17. The number of carbonyl (C=O) groups is 1. The zero-order valence-electron chi connectivity index (χ0n) is 12.3. The van der Waals surface area contributed by atoms with E-state index < -0.39 is 0 Å². The molecule has 0 unspecified atom stereocenters. The molecule has 1 heterocycles. The molecule has 0 spiro atoms. The summed E-state index contributed by atoms with van der Waals surface area (Å²) in [5.41, 5.74) is 3.42. The van der Waals surface area contributed by atoms with E-state index >= 15 is 0 Å². The van der Waals surface area contributed by atoms with Gasteiger partial charge in [-0.25, -0.2) is 0 Å². The lowest BCUT2D eigenvalue weighted by Crippen LogP contribution is -2.14. The van der Waals surface area contributed by atoms with Gasteiger partial charge in [0.05, 0.1) is 7.11 Å². The molecule has 0 aliphatic heterocycles. The van der Waals surface area contributed by atoms with Crippen LogP contribution in [0.5, 0.6) is 0 Å². The number of nitrogens with one attached hydrogen (secondary N) is 1. The lowest BCUT2D eigenvalue weighted by molar-refractivity contribution is -0.139. The Kier molecular flexibility index (Phi) is 5.19. The first kappa shape index (κ1) is 15.8. The second kappa shape index (κ2) is 6.91. The van der Waals surface area contributed by atoms with E-state index in [0.29, 0.717) is 5.13 Å². The number of methoxy groups -OCH3 is 1. The van der Waals surface area contributed by atoms with Crippen LogP contribution in [0.3, 0.4) is 0 Å². The number of nitrogens with zero attached hydrogens (tertiary/aromatic N) is 2. The van der Waals surface area contributed by atoms with E-state index in [1.54, 1.807) is 6.92 Å². The van der Waals surface area contributed by atoms with Gasteiger partial charge in [0.25, 0.3) is 0 Å². The van der Waals surface area contributed by atoms with Crippen molar-refractivity contribution in [2.24, 2.45) is 0 Å². The van der Waals surface area contributed by atoms with Gasteiger partial charge in [-0.1, -0.05) is 35.2 Å². The maximum Gasteiger partial charge on any atom is 0.318 e. The van der Waals surface area contributed by atoms with Crippen LogP contribution in [0.4, 0.5) is 10.8 Å². The number of rotatable bonds is 5. The largest absolute Gasteiger partial charge is 0.468 e. The number of ether oxygens (including phenoxy) is 1. The molecule has 1 N–H and O–H groups in total. The monoisotopic (exact) mass is 323 g/mol. The van der Waals surface area contributed by atoms with Gasteiger partial charge >= 0.3 is 5.97 Å².